The topological polar surface area (TPSA) is 89.7 Å². The maximum absolute atomic E-state index is 12.2. The van der Waals surface area contributed by atoms with E-state index in [1.54, 1.807) is 21.3 Å². The van der Waals surface area contributed by atoms with Gasteiger partial charge in [0.05, 0.1) is 21.3 Å². The van der Waals surface area contributed by atoms with Crippen molar-refractivity contribution in [2.75, 3.05) is 21.3 Å². The average Bonchev–Trinajstić information content (AvgIpc) is 2.64. The highest BCUT2D eigenvalue weighted by molar-refractivity contribution is 5.76. The quantitative estimate of drug-likeness (QED) is 0.740. The molecule has 0 aliphatic carbocycles. The first-order chi connectivity index (χ1) is 12.9. The van der Waals surface area contributed by atoms with Gasteiger partial charge >= 0.3 is 0 Å². The van der Waals surface area contributed by atoms with Gasteiger partial charge in [-0.3, -0.25) is 9.59 Å². The molecule has 146 valence electrons. The van der Waals surface area contributed by atoms with Crippen LogP contribution in [0.25, 0.3) is 0 Å². The van der Waals surface area contributed by atoms with Crippen LogP contribution >= 0.6 is 0 Å². The van der Waals surface area contributed by atoms with Crippen molar-refractivity contribution in [2.45, 2.75) is 33.2 Å². The largest absolute Gasteiger partial charge is 0.493 e. The summed E-state index contributed by atoms with van der Waals surface area (Å²) in [6, 6.07) is 5.53. The zero-order chi connectivity index (χ0) is 20.0. The van der Waals surface area contributed by atoms with E-state index in [1.807, 2.05) is 32.0 Å². The number of hydrogen-bond acceptors (Lipinski definition) is 5. The maximum Gasteiger partial charge on any atom is 0.253 e. The van der Waals surface area contributed by atoms with E-state index in [0.717, 1.165) is 16.8 Å². The molecule has 0 aliphatic rings. The Balaban J connectivity index is 2.01. The van der Waals surface area contributed by atoms with Crippen LogP contribution in [0.1, 0.15) is 28.8 Å². The first kappa shape index (κ1) is 20.4. The van der Waals surface area contributed by atoms with E-state index in [2.05, 4.69) is 10.3 Å². The molecule has 1 heterocycles. The van der Waals surface area contributed by atoms with Crippen LogP contribution in [0.15, 0.2) is 23.0 Å². The summed E-state index contributed by atoms with van der Waals surface area (Å²) in [4.78, 5) is 27.0. The predicted molar refractivity (Wildman–Crippen MR) is 103 cm³/mol. The Hall–Kier alpha value is -2.96. The molecule has 0 fully saturated rings. The van der Waals surface area contributed by atoms with Crippen molar-refractivity contribution in [1.82, 2.24) is 10.3 Å². The number of rotatable bonds is 8. The highest BCUT2D eigenvalue weighted by atomic mass is 16.5. The number of nitrogens with one attached hydrogen (secondary N) is 2. The van der Waals surface area contributed by atoms with Crippen molar-refractivity contribution in [3.63, 3.8) is 0 Å². The lowest BCUT2D eigenvalue weighted by Crippen LogP contribution is -2.28. The van der Waals surface area contributed by atoms with E-state index in [9.17, 15) is 9.59 Å². The highest BCUT2D eigenvalue weighted by Gasteiger charge is 2.14. The van der Waals surface area contributed by atoms with Crippen LogP contribution in [0, 0.1) is 13.8 Å². The lowest BCUT2D eigenvalue weighted by Gasteiger charge is -2.14. The first-order valence-corrected chi connectivity index (χ1v) is 8.64. The van der Waals surface area contributed by atoms with E-state index in [4.69, 9.17) is 14.2 Å². The van der Waals surface area contributed by atoms with Crippen molar-refractivity contribution in [1.29, 1.82) is 0 Å². The number of methoxy groups -OCH3 is 3. The fourth-order valence-corrected chi connectivity index (χ4v) is 2.91. The van der Waals surface area contributed by atoms with E-state index in [1.165, 1.54) is 0 Å². The Morgan fingerprint density at radius 1 is 1.04 bits per heavy atom. The summed E-state index contributed by atoms with van der Waals surface area (Å²) in [5.74, 6) is 1.48. The third-order valence-electron chi connectivity index (χ3n) is 4.32. The number of hydrogen-bond donors (Lipinski definition) is 2. The van der Waals surface area contributed by atoms with Gasteiger partial charge in [-0.2, -0.15) is 0 Å². The monoisotopic (exact) mass is 374 g/mol. The first-order valence-electron chi connectivity index (χ1n) is 8.64. The molecule has 27 heavy (non-hydrogen) atoms. The van der Waals surface area contributed by atoms with Crippen molar-refractivity contribution < 1.29 is 19.0 Å². The van der Waals surface area contributed by atoms with Crippen LogP contribution < -0.4 is 25.1 Å². The zero-order valence-corrected chi connectivity index (χ0v) is 16.4. The molecule has 1 amide bonds. The molecule has 1 aromatic heterocycles. The molecule has 0 bridgehead atoms. The molecule has 0 spiro atoms. The number of pyridine rings is 1. The van der Waals surface area contributed by atoms with Crippen LogP contribution in [0.2, 0.25) is 0 Å². The Morgan fingerprint density at radius 3 is 2.19 bits per heavy atom. The summed E-state index contributed by atoms with van der Waals surface area (Å²) in [6.45, 7) is 3.89. The van der Waals surface area contributed by atoms with Crippen molar-refractivity contribution in [3.8, 4) is 17.2 Å². The molecule has 0 unspecified atom stereocenters. The lowest BCUT2D eigenvalue weighted by atomic mass is 10.1. The Bertz CT molecular complexity index is 848. The molecule has 0 radical (unpaired) electrons. The third-order valence-corrected chi connectivity index (χ3v) is 4.32. The normalized spacial score (nSPS) is 10.4. The van der Waals surface area contributed by atoms with Crippen LogP contribution in [-0.2, 0) is 17.8 Å². The summed E-state index contributed by atoms with van der Waals surface area (Å²) in [6.07, 6.45) is 0.785. The van der Waals surface area contributed by atoms with E-state index >= 15 is 0 Å². The van der Waals surface area contributed by atoms with Gasteiger partial charge in [0, 0.05) is 24.2 Å². The standard InChI is InChI=1S/C20H26N2O5/c1-12-8-13(2)22-20(24)15(12)11-21-18(23)7-6-14-9-16(25-3)19(27-5)17(10-14)26-4/h8-10H,6-7,11H2,1-5H3,(H,21,23)(H,22,24). The minimum Gasteiger partial charge on any atom is -0.493 e. The number of aromatic amines is 1. The second kappa shape index (κ2) is 9.12. The highest BCUT2D eigenvalue weighted by Crippen LogP contribution is 2.38. The average molecular weight is 374 g/mol. The molecule has 7 nitrogen and oxygen atoms in total. The van der Waals surface area contributed by atoms with Crippen LogP contribution in [-0.4, -0.2) is 32.2 Å². The second-order valence-corrected chi connectivity index (χ2v) is 6.25. The number of amides is 1. The Labute approximate surface area is 158 Å². The summed E-state index contributed by atoms with van der Waals surface area (Å²) in [5, 5.41) is 2.80. The molecular weight excluding hydrogens is 348 g/mol. The number of carbonyl (C=O) groups is 1. The lowest BCUT2D eigenvalue weighted by molar-refractivity contribution is -0.121. The van der Waals surface area contributed by atoms with Gasteiger partial charge in [-0.1, -0.05) is 0 Å². The number of ether oxygens (including phenoxy) is 3. The molecule has 2 aromatic rings. The minimum absolute atomic E-state index is 0.136. The Kier molecular flexibility index (Phi) is 6.87. The fraction of sp³-hybridized carbons (Fsp3) is 0.400. The summed E-state index contributed by atoms with van der Waals surface area (Å²) in [5.41, 5.74) is 2.96. The van der Waals surface area contributed by atoms with Gasteiger partial charge in [-0.15, -0.1) is 0 Å². The number of carbonyl (C=O) groups excluding carboxylic acids is 1. The van der Waals surface area contributed by atoms with Gasteiger partial charge in [-0.05, 0) is 49.6 Å². The van der Waals surface area contributed by atoms with Gasteiger partial charge in [0.25, 0.3) is 5.56 Å². The van der Waals surface area contributed by atoms with Gasteiger partial charge in [-0.25, -0.2) is 0 Å². The van der Waals surface area contributed by atoms with Gasteiger partial charge in [0.1, 0.15) is 0 Å². The van der Waals surface area contributed by atoms with E-state index in [0.29, 0.717) is 29.2 Å². The molecule has 2 N–H and O–H groups in total. The van der Waals surface area contributed by atoms with Crippen molar-refractivity contribution in [3.05, 3.63) is 50.9 Å². The van der Waals surface area contributed by atoms with Gasteiger partial charge in [0.2, 0.25) is 11.7 Å². The smallest absolute Gasteiger partial charge is 0.253 e. The molecule has 7 heteroatoms. The van der Waals surface area contributed by atoms with Crippen LogP contribution in [0.3, 0.4) is 0 Å². The summed E-state index contributed by atoms with van der Waals surface area (Å²) >= 11 is 0. The molecule has 0 atom stereocenters. The van der Waals surface area contributed by atoms with E-state index < -0.39 is 0 Å². The number of benzene rings is 1. The number of aryl methyl sites for hydroxylation is 3. The molecule has 0 saturated carbocycles. The van der Waals surface area contributed by atoms with E-state index in [-0.39, 0.29) is 24.4 Å². The Morgan fingerprint density at radius 2 is 1.67 bits per heavy atom. The van der Waals surface area contributed by atoms with Crippen molar-refractivity contribution in [2.24, 2.45) is 0 Å². The molecule has 2 rings (SSSR count). The fourth-order valence-electron chi connectivity index (χ4n) is 2.91. The van der Waals surface area contributed by atoms with Gasteiger partial charge < -0.3 is 24.5 Å². The molecule has 0 saturated heterocycles. The molecule has 1 aromatic carbocycles. The van der Waals surface area contributed by atoms with Crippen LogP contribution in [0.4, 0.5) is 0 Å². The molecule has 0 aliphatic heterocycles. The predicted octanol–water partition coefficient (Wildman–Crippen LogP) is 2.27. The summed E-state index contributed by atoms with van der Waals surface area (Å²) < 4.78 is 15.9. The minimum atomic E-state index is -0.169. The van der Waals surface area contributed by atoms with Crippen molar-refractivity contribution >= 4 is 5.91 Å². The number of aromatic nitrogens is 1. The number of H-pyrrole nitrogens is 1. The van der Waals surface area contributed by atoms with Crippen LogP contribution in [0.5, 0.6) is 17.2 Å². The van der Waals surface area contributed by atoms with Gasteiger partial charge in [0.15, 0.2) is 11.5 Å². The molecular formula is C20H26N2O5. The SMILES string of the molecule is COc1cc(CCC(=O)NCc2c(C)cc(C)[nH]c2=O)cc(OC)c1OC. The zero-order valence-electron chi connectivity index (χ0n) is 16.4. The summed E-state index contributed by atoms with van der Waals surface area (Å²) in [7, 11) is 4.65. The second-order valence-electron chi connectivity index (χ2n) is 6.25. The third kappa shape index (κ3) is 5.03. The maximum atomic E-state index is 12.2.